The Morgan fingerprint density at radius 3 is 2.87 bits per heavy atom. The highest BCUT2D eigenvalue weighted by Crippen LogP contribution is 2.28. The molecule has 0 amide bonds. The van der Waals surface area contributed by atoms with Crippen molar-refractivity contribution < 1.29 is 0 Å². The van der Waals surface area contributed by atoms with Gasteiger partial charge in [0.05, 0.1) is 0 Å². The zero-order valence-corrected chi connectivity index (χ0v) is 9.19. The smallest absolute Gasteiger partial charge is 0.138 e. The van der Waals surface area contributed by atoms with E-state index in [0.717, 1.165) is 12.2 Å². The van der Waals surface area contributed by atoms with Crippen molar-refractivity contribution >= 4 is 0 Å². The van der Waals surface area contributed by atoms with Crippen LogP contribution in [-0.2, 0) is 13.5 Å². The van der Waals surface area contributed by atoms with Gasteiger partial charge in [0, 0.05) is 19.5 Å². The van der Waals surface area contributed by atoms with E-state index in [9.17, 15) is 0 Å². The first-order valence-corrected chi connectivity index (χ1v) is 5.60. The van der Waals surface area contributed by atoms with Crippen molar-refractivity contribution in [2.24, 2.45) is 18.8 Å². The highest BCUT2D eigenvalue weighted by Gasteiger charge is 2.25. The number of rotatable bonds is 4. The fraction of sp³-hybridized carbons (Fsp3) is 0.800. The second kappa shape index (κ2) is 4.72. The molecular weight excluding hydrogens is 190 g/mol. The van der Waals surface area contributed by atoms with E-state index in [4.69, 9.17) is 5.84 Å². The predicted molar refractivity (Wildman–Crippen MR) is 57.8 cm³/mol. The fourth-order valence-electron chi connectivity index (χ4n) is 2.42. The second-order valence-electron chi connectivity index (χ2n) is 4.32. The van der Waals surface area contributed by atoms with Crippen molar-refractivity contribution in [3.8, 4) is 0 Å². The van der Waals surface area contributed by atoms with Crippen LogP contribution in [0.2, 0.25) is 0 Å². The first-order chi connectivity index (χ1) is 7.31. The highest BCUT2D eigenvalue weighted by atomic mass is 15.3. The zero-order valence-electron chi connectivity index (χ0n) is 9.19. The van der Waals surface area contributed by atoms with Gasteiger partial charge in [0.15, 0.2) is 0 Å². The number of nitrogens with two attached hydrogens (primary N) is 1. The maximum Gasteiger partial charge on any atom is 0.138 e. The summed E-state index contributed by atoms with van der Waals surface area (Å²) in [6.07, 6.45) is 7.71. The molecule has 1 heterocycles. The number of nitrogens with zero attached hydrogens (tertiary/aromatic N) is 3. The van der Waals surface area contributed by atoms with Crippen LogP contribution >= 0.6 is 0 Å². The number of hydrogen-bond donors (Lipinski definition) is 2. The number of hydrogen-bond acceptors (Lipinski definition) is 4. The Hall–Kier alpha value is -0.940. The van der Waals surface area contributed by atoms with Gasteiger partial charge in [0.2, 0.25) is 0 Å². The average molecular weight is 209 g/mol. The van der Waals surface area contributed by atoms with Gasteiger partial charge < -0.3 is 0 Å². The number of aromatic nitrogens is 3. The highest BCUT2D eigenvalue weighted by molar-refractivity contribution is 4.92. The lowest BCUT2D eigenvalue weighted by Crippen LogP contribution is -2.42. The van der Waals surface area contributed by atoms with E-state index < -0.39 is 0 Å². The lowest BCUT2D eigenvalue weighted by atomic mass is 9.96. The van der Waals surface area contributed by atoms with Crippen LogP contribution in [0.4, 0.5) is 0 Å². The SMILES string of the molecule is Cn1ncnc1CC(NN)C1CCCC1. The van der Waals surface area contributed by atoms with Gasteiger partial charge in [-0.05, 0) is 18.8 Å². The minimum atomic E-state index is 0.343. The molecule has 5 heteroatoms. The first kappa shape index (κ1) is 10.6. The minimum Gasteiger partial charge on any atom is -0.271 e. The lowest BCUT2D eigenvalue weighted by Gasteiger charge is -2.21. The normalized spacial score (nSPS) is 19.6. The molecule has 5 nitrogen and oxygen atoms in total. The Kier molecular flexibility index (Phi) is 3.33. The lowest BCUT2D eigenvalue weighted by molar-refractivity contribution is 0.353. The Bertz CT molecular complexity index is 303. The second-order valence-corrected chi connectivity index (χ2v) is 4.32. The van der Waals surface area contributed by atoms with Gasteiger partial charge in [-0.3, -0.25) is 16.0 Å². The summed E-state index contributed by atoms with van der Waals surface area (Å²) < 4.78 is 1.82. The molecule has 0 aliphatic heterocycles. The van der Waals surface area contributed by atoms with Gasteiger partial charge in [0.25, 0.3) is 0 Å². The molecule has 0 radical (unpaired) electrons. The van der Waals surface area contributed by atoms with Crippen LogP contribution in [0.3, 0.4) is 0 Å². The quantitative estimate of drug-likeness (QED) is 0.555. The van der Waals surface area contributed by atoms with Crippen LogP contribution in [0, 0.1) is 5.92 Å². The van der Waals surface area contributed by atoms with E-state index in [0.29, 0.717) is 12.0 Å². The zero-order chi connectivity index (χ0) is 10.7. The molecule has 1 aromatic heterocycles. The molecule has 84 valence electrons. The van der Waals surface area contributed by atoms with Gasteiger partial charge in [-0.2, -0.15) is 5.10 Å². The van der Waals surface area contributed by atoms with Gasteiger partial charge in [-0.1, -0.05) is 12.8 Å². The molecule has 1 aliphatic rings. The molecule has 0 spiro atoms. The Labute approximate surface area is 90.0 Å². The van der Waals surface area contributed by atoms with E-state index in [1.807, 2.05) is 11.7 Å². The molecule has 1 unspecified atom stereocenters. The molecule has 0 bridgehead atoms. The molecule has 2 rings (SSSR count). The van der Waals surface area contributed by atoms with Crippen LogP contribution in [0.15, 0.2) is 6.33 Å². The number of hydrazine groups is 1. The van der Waals surface area contributed by atoms with Crippen LogP contribution in [0.25, 0.3) is 0 Å². The monoisotopic (exact) mass is 209 g/mol. The molecular formula is C10H19N5. The van der Waals surface area contributed by atoms with Gasteiger partial charge >= 0.3 is 0 Å². The number of aryl methyl sites for hydroxylation is 1. The van der Waals surface area contributed by atoms with Crippen molar-refractivity contribution in [3.63, 3.8) is 0 Å². The summed E-state index contributed by atoms with van der Waals surface area (Å²) in [6, 6.07) is 0.343. The van der Waals surface area contributed by atoms with Crippen molar-refractivity contribution in [3.05, 3.63) is 12.2 Å². The van der Waals surface area contributed by atoms with E-state index in [1.54, 1.807) is 6.33 Å². The standard InChI is InChI=1S/C10H19N5/c1-15-10(12-7-13-15)6-9(14-11)8-4-2-3-5-8/h7-9,14H,2-6,11H2,1H3. The average Bonchev–Trinajstić information content (AvgIpc) is 2.86. The van der Waals surface area contributed by atoms with Crippen LogP contribution in [-0.4, -0.2) is 20.8 Å². The maximum atomic E-state index is 5.61. The maximum absolute atomic E-state index is 5.61. The summed E-state index contributed by atoms with van der Waals surface area (Å²) in [4.78, 5) is 4.23. The summed E-state index contributed by atoms with van der Waals surface area (Å²) >= 11 is 0. The minimum absolute atomic E-state index is 0.343. The van der Waals surface area contributed by atoms with E-state index >= 15 is 0 Å². The first-order valence-electron chi connectivity index (χ1n) is 5.60. The molecule has 1 aromatic rings. The van der Waals surface area contributed by atoms with Gasteiger partial charge in [-0.25, -0.2) is 4.98 Å². The Morgan fingerprint density at radius 2 is 2.33 bits per heavy atom. The third kappa shape index (κ3) is 2.35. The summed E-state index contributed by atoms with van der Waals surface area (Å²) in [5, 5.41) is 4.07. The van der Waals surface area contributed by atoms with E-state index in [2.05, 4.69) is 15.5 Å². The summed E-state index contributed by atoms with van der Waals surface area (Å²) in [5.41, 5.74) is 2.93. The van der Waals surface area contributed by atoms with Crippen molar-refractivity contribution in [1.82, 2.24) is 20.2 Å². The van der Waals surface area contributed by atoms with Crippen molar-refractivity contribution in [1.29, 1.82) is 0 Å². The van der Waals surface area contributed by atoms with Crippen LogP contribution < -0.4 is 11.3 Å². The molecule has 1 saturated carbocycles. The third-order valence-corrected chi connectivity index (χ3v) is 3.39. The molecule has 1 atom stereocenters. The topological polar surface area (TPSA) is 68.8 Å². The van der Waals surface area contributed by atoms with E-state index in [-0.39, 0.29) is 0 Å². The largest absolute Gasteiger partial charge is 0.271 e. The molecule has 0 aromatic carbocycles. The van der Waals surface area contributed by atoms with Crippen molar-refractivity contribution in [2.75, 3.05) is 0 Å². The van der Waals surface area contributed by atoms with Gasteiger partial charge in [0.1, 0.15) is 12.2 Å². The Morgan fingerprint density at radius 1 is 1.60 bits per heavy atom. The fourth-order valence-corrected chi connectivity index (χ4v) is 2.42. The third-order valence-electron chi connectivity index (χ3n) is 3.39. The van der Waals surface area contributed by atoms with Crippen LogP contribution in [0.5, 0.6) is 0 Å². The molecule has 1 fully saturated rings. The summed E-state index contributed by atoms with van der Waals surface area (Å²) in [6.45, 7) is 0. The van der Waals surface area contributed by atoms with E-state index in [1.165, 1.54) is 25.7 Å². The number of nitrogens with one attached hydrogen (secondary N) is 1. The predicted octanol–water partition coefficient (Wildman–Crippen LogP) is 0.380. The van der Waals surface area contributed by atoms with Crippen LogP contribution in [0.1, 0.15) is 31.5 Å². The molecule has 0 saturated heterocycles. The summed E-state index contributed by atoms with van der Waals surface area (Å²) in [5.74, 6) is 7.32. The molecule has 3 N–H and O–H groups in total. The summed E-state index contributed by atoms with van der Waals surface area (Å²) in [7, 11) is 1.92. The van der Waals surface area contributed by atoms with Gasteiger partial charge in [-0.15, -0.1) is 0 Å². The Balaban J connectivity index is 1.98. The molecule has 1 aliphatic carbocycles. The molecule has 15 heavy (non-hydrogen) atoms. The van der Waals surface area contributed by atoms with Crippen molar-refractivity contribution in [2.45, 2.75) is 38.1 Å².